The molecule has 6 aromatic rings. The second kappa shape index (κ2) is 14.1. The minimum atomic E-state index is 0.425. The number of nitrogens with zero attached hydrogens (tertiary/aromatic N) is 5. The Hall–Kier alpha value is -4.73. The van der Waals surface area contributed by atoms with Gasteiger partial charge in [-0.15, -0.1) is 0 Å². The van der Waals surface area contributed by atoms with Crippen molar-refractivity contribution in [2.24, 2.45) is 0 Å². The highest BCUT2D eigenvalue weighted by molar-refractivity contribution is 7.71. The van der Waals surface area contributed by atoms with E-state index in [2.05, 4.69) is 60.6 Å². The number of para-hydroxylation sites is 2. The number of aromatic amines is 1. The first kappa shape index (κ1) is 30.0. The van der Waals surface area contributed by atoms with Crippen LogP contribution in [-0.4, -0.2) is 48.8 Å². The minimum absolute atomic E-state index is 0.425. The average Bonchev–Trinajstić information content (AvgIpc) is 3.66. The van der Waals surface area contributed by atoms with Crippen molar-refractivity contribution in [1.29, 1.82) is 0 Å². The van der Waals surface area contributed by atoms with E-state index in [-0.39, 0.29) is 0 Å². The zero-order valence-electron chi connectivity index (χ0n) is 25.8. The smallest absolute Gasteiger partial charge is 0.195 e. The van der Waals surface area contributed by atoms with Gasteiger partial charge in [0, 0.05) is 18.7 Å². The summed E-state index contributed by atoms with van der Waals surface area (Å²) >= 11 is 5.69. The summed E-state index contributed by atoms with van der Waals surface area (Å²) in [6.45, 7) is 5.46. The zero-order valence-corrected chi connectivity index (χ0v) is 26.7. The van der Waals surface area contributed by atoms with Crippen LogP contribution in [0.25, 0.3) is 22.4 Å². The van der Waals surface area contributed by atoms with Gasteiger partial charge in [-0.1, -0.05) is 79.2 Å². The average molecular weight is 631 g/mol. The number of imidazole rings is 1. The topological polar surface area (TPSA) is 73.1 Å². The summed E-state index contributed by atoms with van der Waals surface area (Å²) in [7, 11) is 0. The quantitative estimate of drug-likeness (QED) is 0.140. The zero-order chi connectivity index (χ0) is 31.1. The van der Waals surface area contributed by atoms with Gasteiger partial charge in [-0.05, 0) is 79.6 Å². The summed E-state index contributed by atoms with van der Waals surface area (Å²) in [6.07, 6.45) is 3.85. The van der Waals surface area contributed by atoms with E-state index >= 15 is 0 Å². The molecule has 9 heteroatoms. The van der Waals surface area contributed by atoms with Gasteiger partial charge in [0.05, 0.1) is 17.6 Å². The fourth-order valence-corrected chi connectivity index (χ4v) is 6.32. The van der Waals surface area contributed by atoms with Gasteiger partial charge in [-0.25, -0.2) is 4.98 Å². The number of ether oxygens (including phenoxy) is 2. The van der Waals surface area contributed by atoms with Gasteiger partial charge in [-0.2, -0.15) is 5.10 Å². The fourth-order valence-electron chi connectivity index (χ4n) is 6.07. The maximum absolute atomic E-state index is 6.42. The Balaban J connectivity index is 1.21. The Morgan fingerprint density at radius 3 is 2.11 bits per heavy atom. The molecule has 1 fully saturated rings. The normalized spacial score (nSPS) is 13.7. The van der Waals surface area contributed by atoms with Gasteiger partial charge in [0.2, 0.25) is 0 Å². The lowest BCUT2D eigenvalue weighted by atomic mass is 10.1. The third kappa shape index (κ3) is 6.90. The lowest BCUT2D eigenvalue weighted by molar-refractivity contribution is 0.219. The van der Waals surface area contributed by atoms with Crippen molar-refractivity contribution in [2.75, 3.05) is 19.6 Å². The Bertz CT molecular complexity index is 1940. The number of likely N-dealkylation sites (tertiary alicyclic amines) is 1. The van der Waals surface area contributed by atoms with Crippen molar-refractivity contribution in [3.63, 3.8) is 0 Å². The van der Waals surface area contributed by atoms with Crippen LogP contribution < -0.4 is 9.47 Å². The second-order valence-electron chi connectivity index (χ2n) is 11.7. The molecule has 0 bridgehead atoms. The van der Waals surface area contributed by atoms with Crippen LogP contribution in [-0.2, 0) is 26.3 Å². The number of aromatic nitrogens is 5. The molecule has 0 radical (unpaired) electrons. The van der Waals surface area contributed by atoms with E-state index < -0.39 is 0 Å². The van der Waals surface area contributed by atoms with E-state index in [4.69, 9.17) is 26.7 Å². The molecule has 0 aliphatic carbocycles. The maximum Gasteiger partial charge on any atom is 0.195 e. The predicted molar refractivity (Wildman–Crippen MR) is 184 cm³/mol. The second-order valence-corrected chi connectivity index (χ2v) is 12.1. The van der Waals surface area contributed by atoms with Crippen LogP contribution >= 0.6 is 12.2 Å². The van der Waals surface area contributed by atoms with Crippen LogP contribution in [0.4, 0.5) is 0 Å². The first-order valence-corrected chi connectivity index (χ1v) is 16.4. The molecule has 7 rings (SSSR count). The van der Waals surface area contributed by atoms with Crippen LogP contribution in [0.3, 0.4) is 0 Å². The number of H-pyrrole nitrogens is 1. The molecular formula is C37H38N6O2S. The number of fused-ring (bicyclic) bond motifs is 1. The first-order valence-electron chi connectivity index (χ1n) is 16.0. The summed E-state index contributed by atoms with van der Waals surface area (Å²) in [5.41, 5.74) is 5.06. The molecule has 0 unspecified atom stereocenters. The van der Waals surface area contributed by atoms with Crippen molar-refractivity contribution in [1.82, 2.24) is 29.2 Å². The summed E-state index contributed by atoms with van der Waals surface area (Å²) in [5, 5.41) is 7.73. The van der Waals surface area contributed by atoms with Crippen LogP contribution in [0.2, 0.25) is 0 Å². The molecule has 0 amide bonds. The number of nitrogens with one attached hydrogen (secondary N) is 1. The molecule has 4 aromatic carbocycles. The molecule has 46 heavy (non-hydrogen) atoms. The highest BCUT2D eigenvalue weighted by atomic mass is 32.1. The molecule has 234 valence electrons. The first-order chi connectivity index (χ1) is 22.7. The summed E-state index contributed by atoms with van der Waals surface area (Å²) < 4.78 is 17.7. The Morgan fingerprint density at radius 1 is 0.696 bits per heavy atom. The molecule has 0 saturated carbocycles. The Morgan fingerprint density at radius 2 is 1.37 bits per heavy atom. The standard InChI is InChI=1S/C37H38N6O2S/c46-37-40-39-35(42(37)23-22-41-20-10-3-11-21-41)25-43-32-17-9-8-16-31(32)38-36(43)30-18-19-33(44-26-28-12-4-1-5-13-28)34(24-30)45-27-29-14-6-2-7-15-29/h1-2,4-9,12-19,24H,3,10-11,20-23,25-27H2,(H,40,46). The molecular weight excluding hydrogens is 593 g/mol. The van der Waals surface area contributed by atoms with Crippen molar-refractivity contribution >= 4 is 23.3 Å². The third-order valence-corrected chi connectivity index (χ3v) is 8.87. The van der Waals surface area contributed by atoms with Crippen LogP contribution in [0, 0.1) is 4.77 Å². The number of hydrogen-bond acceptors (Lipinski definition) is 6. The van der Waals surface area contributed by atoms with E-state index in [0.717, 1.165) is 65.6 Å². The van der Waals surface area contributed by atoms with Crippen LogP contribution in [0.15, 0.2) is 103 Å². The summed E-state index contributed by atoms with van der Waals surface area (Å²) in [5.74, 6) is 3.07. The SMILES string of the molecule is S=c1[nH]nc(Cn2c(-c3ccc(OCc4ccccc4)c(OCc4ccccc4)c3)nc3ccccc32)n1CCN1CCCCC1. The number of rotatable bonds is 12. The maximum atomic E-state index is 6.42. The van der Waals surface area contributed by atoms with Crippen molar-refractivity contribution in [2.45, 2.75) is 45.6 Å². The van der Waals surface area contributed by atoms with Gasteiger partial charge >= 0.3 is 0 Å². The highest BCUT2D eigenvalue weighted by Gasteiger charge is 2.19. The molecule has 2 aromatic heterocycles. The Kier molecular flexibility index (Phi) is 9.21. The number of piperidine rings is 1. The van der Waals surface area contributed by atoms with Crippen molar-refractivity contribution < 1.29 is 9.47 Å². The van der Waals surface area contributed by atoms with E-state index in [0.29, 0.717) is 36.0 Å². The number of benzene rings is 4. The molecule has 0 atom stereocenters. The summed E-state index contributed by atoms with van der Waals surface area (Å²) in [4.78, 5) is 7.63. The lowest BCUT2D eigenvalue weighted by Crippen LogP contribution is -2.33. The molecule has 0 spiro atoms. The van der Waals surface area contributed by atoms with E-state index in [9.17, 15) is 0 Å². The third-order valence-electron chi connectivity index (χ3n) is 8.56. The van der Waals surface area contributed by atoms with Gasteiger partial charge in [-0.3, -0.25) is 5.10 Å². The van der Waals surface area contributed by atoms with E-state index in [1.807, 2.05) is 66.7 Å². The predicted octanol–water partition coefficient (Wildman–Crippen LogP) is 7.65. The molecule has 1 N–H and O–H groups in total. The lowest BCUT2D eigenvalue weighted by Gasteiger charge is -2.26. The number of hydrogen-bond donors (Lipinski definition) is 1. The largest absolute Gasteiger partial charge is 0.485 e. The fraction of sp³-hybridized carbons (Fsp3) is 0.270. The molecule has 1 aliphatic rings. The molecule has 1 aliphatic heterocycles. The highest BCUT2D eigenvalue weighted by Crippen LogP contribution is 2.35. The van der Waals surface area contributed by atoms with Crippen molar-refractivity contribution in [3.05, 3.63) is 125 Å². The minimum Gasteiger partial charge on any atom is -0.485 e. The van der Waals surface area contributed by atoms with Gasteiger partial charge in [0.1, 0.15) is 19.0 Å². The Labute approximate surface area is 274 Å². The van der Waals surface area contributed by atoms with Crippen molar-refractivity contribution in [3.8, 4) is 22.9 Å². The van der Waals surface area contributed by atoms with E-state index in [1.165, 1.54) is 19.3 Å². The van der Waals surface area contributed by atoms with Gasteiger partial charge in [0.25, 0.3) is 0 Å². The molecule has 1 saturated heterocycles. The summed E-state index contributed by atoms with van der Waals surface area (Å²) in [6, 6.07) is 34.6. The van der Waals surface area contributed by atoms with Crippen LogP contribution in [0.5, 0.6) is 11.5 Å². The molecule has 8 nitrogen and oxygen atoms in total. The van der Waals surface area contributed by atoms with Gasteiger partial charge in [0.15, 0.2) is 22.1 Å². The monoisotopic (exact) mass is 630 g/mol. The van der Waals surface area contributed by atoms with Gasteiger partial charge < -0.3 is 23.5 Å². The van der Waals surface area contributed by atoms with E-state index in [1.54, 1.807) is 0 Å². The van der Waals surface area contributed by atoms with Crippen LogP contribution in [0.1, 0.15) is 36.2 Å². The molecule has 3 heterocycles.